The number of nitrogens with one attached hydrogen (secondary N) is 1. The number of hydrogen-bond acceptors (Lipinski definition) is 7. The number of pyridine rings is 1. The van der Waals surface area contributed by atoms with E-state index >= 15 is 0 Å². The zero-order valence-electron chi connectivity index (χ0n) is 13.4. The van der Waals surface area contributed by atoms with Gasteiger partial charge < -0.3 is 11.1 Å². The van der Waals surface area contributed by atoms with Crippen molar-refractivity contribution in [1.82, 2.24) is 30.5 Å². The van der Waals surface area contributed by atoms with Crippen LogP contribution in [0.3, 0.4) is 0 Å². The number of ketones is 1. The molecule has 0 aliphatic heterocycles. The fourth-order valence-electron chi connectivity index (χ4n) is 2.96. The molecule has 0 spiro atoms. The Morgan fingerprint density at radius 1 is 1.48 bits per heavy atom. The van der Waals surface area contributed by atoms with Crippen molar-refractivity contribution in [3.8, 4) is 0 Å². The number of carbonyl (C=O) groups excluding carboxylic acids is 2. The molecule has 1 aliphatic carbocycles. The van der Waals surface area contributed by atoms with Crippen LogP contribution in [0, 0.1) is 11.9 Å². The molecule has 25 heavy (non-hydrogen) atoms. The van der Waals surface area contributed by atoms with Gasteiger partial charge in [0.25, 0.3) is 5.91 Å². The van der Waals surface area contributed by atoms with Crippen molar-refractivity contribution in [2.45, 2.75) is 31.3 Å². The van der Waals surface area contributed by atoms with E-state index in [-0.39, 0.29) is 23.8 Å². The Labute approximate surface area is 142 Å². The molecule has 2 aromatic rings. The Hall–Kier alpha value is -2.75. The number of carbonyl (C=O) groups is 2. The van der Waals surface area contributed by atoms with E-state index in [9.17, 15) is 14.0 Å². The van der Waals surface area contributed by atoms with Crippen LogP contribution in [-0.2, 0) is 11.3 Å². The minimum Gasteiger partial charge on any atom is -0.339 e. The first-order valence-corrected chi connectivity index (χ1v) is 7.94. The lowest BCUT2D eigenvalue weighted by molar-refractivity contribution is -0.123. The number of nitrogens with zero attached hydrogens (tertiary/aromatic N) is 5. The summed E-state index contributed by atoms with van der Waals surface area (Å²) in [4.78, 5) is 29.8. The molecule has 10 heteroatoms. The van der Waals surface area contributed by atoms with E-state index < -0.39 is 17.4 Å². The van der Waals surface area contributed by atoms with Crippen LogP contribution in [0.1, 0.15) is 29.6 Å². The smallest absolute Gasteiger partial charge is 0.256 e. The summed E-state index contributed by atoms with van der Waals surface area (Å²) in [6.07, 6.45) is 4.39. The van der Waals surface area contributed by atoms with Gasteiger partial charge in [-0.15, -0.1) is 10.2 Å². The molecule has 1 saturated carbocycles. The first-order chi connectivity index (χ1) is 12.1. The molecular weight excluding hydrogens is 329 g/mol. The number of rotatable bonds is 8. The highest BCUT2D eigenvalue weighted by Gasteiger charge is 2.60. The fraction of sp³-hybridized carbons (Fsp3) is 0.467. The second kappa shape index (κ2) is 7.01. The molecule has 2 unspecified atom stereocenters. The van der Waals surface area contributed by atoms with Crippen LogP contribution in [0.25, 0.3) is 0 Å². The van der Waals surface area contributed by atoms with Gasteiger partial charge in [0.1, 0.15) is 12.1 Å². The van der Waals surface area contributed by atoms with Crippen molar-refractivity contribution in [3.05, 3.63) is 36.2 Å². The Morgan fingerprint density at radius 3 is 3.00 bits per heavy atom. The van der Waals surface area contributed by atoms with Crippen LogP contribution in [-0.4, -0.2) is 49.0 Å². The van der Waals surface area contributed by atoms with Crippen LogP contribution in [0.15, 0.2) is 24.7 Å². The molecule has 0 saturated heterocycles. The summed E-state index contributed by atoms with van der Waals surface area (Å²) >= 11 is 0. The largest absolute Gasteiger partial charge is 0.339 e. The molecule has 0 aromatic carbocycles. The van der Waals surface area contributed by atoms with E-state index in [1.807, 2.05) is 0 Å². The van der Waals surface area contributed by atoms with Gasteiger partial charge in [-0.1, -0.05) is 0 Å². The molecule has 0 radical (unpaired) electrons. The van der Waals surface area contributed by atoms with E-state index in [4.69, 9.17) is 5.73 Å². The molecule has 2 aromatic heterocycles. The predicted molar refractivity (Wildman–Crippen MR) is 83.6 cm³/mol. The molecule has 2 heterocycles. The molecule has 2 atom stereocenters. The van der Waals surface area contributed by atoms with E-state index in [1.54, 1.807) is 0 Å². The third-order valence-corrected chi connectivity index (χ3v) is 4.38. The van der Waals surface area contributed by atoms with Gasteiger partial charge in [0.15, 0.2) is 12.1 Å². The maximum absolute atomic E-state index is 13.7. The van der Waals surface area contributed by atoms with E-state index in [2.05, 4.69) is 25.7 Å². The average Bonchev–Trinajstić information content (AvgIpc) is 3.04. The standard InChI is InChI=1S/C15H18FN7O2/c16-13-11(4-2-6-18-13)14(25)21-15(7-10(15)3-1-5-17)12(24)8-23-20-9-19-22-23/h2,4,6,9-10H,1,3,5,7-8,17H2,(H,21,25). The molecule has 0 bridgehead atoms. The summed E-state index contributed by atoms with van der Waals surface area (Å²) < 4.78 is 13.7. The average molecular weight is 347 g/mol. The number of amides is 1. The van der Waals surface area contributed by atoms with Crippen LogP contribution in [0.5, 0.6) is 0 Å². The van der Waals surface area contributed by atoms with E-state index in [0.29, 0.717) is 19.4 Å². The minimum absolute atomic E-state index is 0.0456. The zero-order chi connectivity index (χ0) is 17.9. The van der Waals surface area contributed by atoms with Gasteiger partial charge in [0, 0.05) is 6.20 Å². The van der Waals surface area contributed by atoms with Crippen molar-refractivity contribution >= 4 is 11.7 Å². The van der Waals surface area contributed by atoms with Crippen LogP contribution >= 0.6 is 0 Å². The van der Waals surface area contributed by atoms with Gasteiger partial charge in [0.05, 0.1) is 5.56 Å². The normalized spacial score (nSPS) is 21.8. The molecule has 132 valence electrons. The fourth-order valence-corrected chi connectivity index (χ4v) is 2.96. The Morgan fingerprint density at radius 2 is 2.32 bits per heavy atom. The third kappa shape index (κ3) is 3.53. The quantitative estimate of drug-likeness (QED) is 0.627. The summed E-state index contributed by atoms with van der Waals surface area (Å²) in [5, 5.41) is 13.7. The highest BCUT2D eigenvalue weighted by Crippen LogP contribution is 2.47. The molecule has 3 rings (SSSR count). The second-order valence-corrected chi connectivity index (χ2v) is 5.99. The number of Topliss-reactive ketones (excluding diaryl/α,β-unsaturated/α-hetero) is 1. The molecule has 9 nitrogen and oxygen atoms in total. The minimum atomic E-state index is -1.05. The topological polar surface area (TPSA) is 129 Å². The maximum atomic E-state index is 13.7. The Kier molecular flexibility index (Phi) is 4.79. The van der Waals surface area contributed by atoms with Crippen molar-refractivity contribution in [1.29, 1.82) is 0 Å². The van der Waals surface area contributed by atoms with Gasteiger partial charge >= 0.3 is 0 Å². The van der Waals surface area contributed by atoms with Crippen LogP contribution in [0.4, 0.5) is 4.39 Å². The summed E-state index contributed by atoms with van der Waals surface area (Å²) in [5.74, 6) is -1.83. The van der Waals surface area contributed by atoms with Crippen molar-refractivity contribution in [3.63, 3.8) is 0 Å². The number of tetrazole rings is 1. The lowest BCUT2D eigenvalue weighted by atomic mass is 10.0. The van der Waals surface area contributed by atoms with Gasteiger partial charge in [-0.2, -0.15) is 9.19 Å². The first kappa shape index (κ1) is 17.1. The van der Waals surface area contributed by atoms with Gasteiger partial charge in [-0.3, -0.25) is 9.59 Å². The SMILES string of the molecule is NCCCC1CC1(NC(=O)c1cccnc1F)C(=O)Cn1ncnn1. The van der Waals surface area contributed by atoms with E-state index in [0.717, 1.165) is 11.2 Å². The molecular formula is C15H18FN7O2. The highest BCUT2D eigenvalue weighted by molar-refractivity contribution is 6.01. The Balaban J connectivity index is 1.77. The van der Waals surface area contributed by atoms with E-state index in [1.165, 1.54) is 24.7 Å². The summed E-state index contributed by atoms with van der Waals surface area (Å²) in [7, 11) is 0. The lowest BCUT2D eigenvalue weighted by Gasteiger charge is -2.18. The predicted octanol–water partition coefficient (Wildman–Crippen LogP) is -0.296. The number of nitrogens with two attached hydrogens (primary N) is 1. The molecule has 3 N–H and O–H groups in total. The number of aromatic nitrogens is 5. The van der Waals surface area contributed by atoms with Crippen molar-refractivity contribution in [2.75, 3.05) is 6.54 Å². The summed E-state index contributed by atoms with van der Waals surface area (Å²) in [6.45, 7) is 0.380. The first-order valence-electron chi connectivity index (χ1n) is 7.94. The number of halogens is 1. The van der Waals surface area contributed by atoms with Gasteiger partial charge in [0.2, 0.25) is 5.95 Å². The van der Waals surface area contributed by atoms with Crippen LogP contribution in [0.2, 0.25) is 0 Å². The third-order valence-electron chi connectivity index (χ3n) is 4.38. The monoisotopic (exact) mass is 347 g/mol. The highest BCUT2D eigenvalue weighted by atomic mass is 19.1. The summed E-state index contributed by atoms with van der Waals surface area (Å²) in [5.41, 5.74) is 4.28. The van der Waals surface area contributed by atoms with Crippen molar-refractivity contribution in [2.24, 2.45) is 11.7 Å². The second-order valence-electron chi connectivity index (χ2n) is 5.99. The maximum Gasteiger partial charge on any atom is 0.256 e. The molecule has 1 fully saturated rings. The zero-order valence-corrected chi connectivity index (χ0v) is 13.4. The molecule has 1 aliphatic rings. The summed E-state index contributed by atoms with van der Waals surface area (Å²) in [6, 6.07) is 2.79. The van der Waals surface area contributed by atoms with Gasteiger partial charge in [-0.25, -0.2) is 4.98 Å². The van der Waals surface area contributed by atoms with Crippen molar-refractivity contribution < 1.29 is 14.0 Å². The van der Waals surface area contributed by atoms with Crippen LogP contribution < -0.4 is 11.1 Å². The lowest BCUT2D eigenvalue weighted by Crippen LogP contribution is -2.47. The number of hydrogen-bond donors (Lipinski definition) is 2. The molecule has 1 amide bonds. The van der Waals surface area contributed by atoms with Gasteiger partial charge in [-0.05, 0) is 49.1 Å². The Bertz CT molecular complexity index is 767.